The normalized spacial score (nSPS) is 36.6. The summed E-state index contributed by atoms with van der Waals surface area (Å²) in [5.41, 5.74) is 0.755. The molecule has 0 saturated carbocycles. The standard InChI is InChI=1S/C28H34O14/c1-11-20(31)23(34)25(36)27(40-11)39-10-18-22(33)24(35)26(37)28(42-18)41-15-7-16(30)19-17(8-15)38-9-13(21(19)32)6-12-2-4-14(29)5-3-12/h2-5,7-8,11,13,18,20,22-31,33-37H,6,9-10H2,1H3. The predicted molar refractivity (Wildman–Crippen MR) is 139 cm³/mol. The summed E-state index contributed by atoms with van der Waals surface area (Å²) in [6.07, 6.45) is -14.4. The molecule has 0 amide bonds. The lowest BCUT2D eigenvalue weighted by Gasteiger charge is -2.42. The van der Waals surface area contributed by atoms with Crippen LogP contribution in [0.2, 0.25) is 0 Å². The van der Waals surface area contributed by atoms with Gasteiger partial charge in [-0.1, -0.05) is 12.1 Å². The van der Waals surface area contributed by atoms with Gasteiger partial charge < -0.3 is 64.5 Å². The summed E-state index contributed by atoms with van der Waals surface area (Å²) >= 11 is 0. The highest BCUT2D eigenvalue weighted by Crippen LogP contribution is 2.40. The molecule has 5 rings (SSSR count). The molecule has 14 heteroatoms. The van der Waals surface area contributed by atoms with Crippen LogP contribution in [0.1, 0.15) is 22.8 Å². The number of Topliss-reactive ketones (excluding diaryl/α,β-unsaturated/α-hetero) is 1. The first kappa shape index (κ1) is 30.4. The molecule has 42 heavy (non-hydrogen) atoms. The molecule has 0 aromatic heterocycles. The van der Waals surface area contributed by atoms with Gasteiger partial charge in [-0.05, 0) is 31.0 Å². The van der Waals surface area contributed by atoms with Crippen molar-refractivity contribution in [3.63, 3.8) is 0 Å². The van der Waals surface area contributed by atoms with Crippen molar-refractivity contribution in [2.75, 3.05) is 13.2 Å². The molecule has 2 aromatic carbocycles. The second-order valence-electron chi connectivity index (χ2n) is 10.7. The largest absolute Gasteiger partial charge is 0.508 e. The fourth-order valence-electron chi connectivity index (χ4n) is 5.17. The van der Waals surface area contributed by atoms with Gasteiger partial charge in [-0.15, -0.1) is 0 Å². The number of benzene rings is 2. The minimum Gasteiger partial charge on any atom is -0.508 e. The third-order valence-electron chi connectivity index (χ3n) is 7.68. The lowest BCUT2D eigenvalue weighted by molar-refractivity contribution is -0.318. The van der Waals surface area contributed by atoms with Crippen molar-refractivity contribution in [2.24, 2.45) is 5.92 Å². The molecular formula is C28H34O14. The van der Waals surface area contributed by atoms with Crippen LogP contribution in [0.25, 0.3) is 0 Å². The van der Waals surface area contributed by atoms with Gasteiger partial charge in [0.05, 0.1) is 25.2 Å². The van der Waals surface area contributed by atoms with Gasteiger partial charge in [-0.25, -0.2) is 0 Å². The maximum atomic E-state index is 13.1. The number of ether oxygens (including phenoxy) is 5. The van der Waals surface area contributed by atoms with Crippen molar-refractivity contribution in [2.45, 2.75) is 74.8 Å². The second kappa shape index (κ2) is 12.3. The van der Waals surface area contributed by atoms with E-state index < -0.39 is 79.7 Å². The Bertz CT molecular complexity index is 1250. The third kappa shape index (κ3) is 6.04. The van der Waals surface area contributed by atoms with E-state index in [1.54, 1.807) is 12.1 Å². The number of aliphatic hydroxyl groups excluding tert-OH is 6. The zero-order valence-electron chi connectivity index (χ0n) is 22.5. The van der Waals surface area contributed by atoms with Gasteiger partial charge in [0, 0.05) is 12.1 Å². The Morgan fingerprint density at radius 2 is 1.50 bits per heavy atom. The maximum Gasteiger partial charge on any atom is 0.229 e. The Labute approximate surface area is 239 Å². The molecule has 230 valence electrons. The van der Waals surface area contributed by atoms with Crippen LogP contribution in [-0.2, 0) is 20.6 Å². The second-order valence-corrected chi connectivity index (χ2v) is 10.7. The van der Waals surface area contributed by atoms with Crippen LogP contribution in [-0.4, -0.2) is 121 Å². The van der Waals surface area contributed by atoms with E-state index in [4.69, 9.17) is 23.7 Å². The highest BCUT2D eigenvalue weighted by molar-refractivity contribution is 6.04. The lowest BCUT2D eigenvalue weighted by Crippen LogP contribution is -2.61. The molecule has 0 aliphatic carbocycles. The van der Waals surface area contributed by atoms with Crippen LogP contribution in [0.15, 0.2) is 36.4 Å². The zero-order valence-corrected chi connectivity index (χ0v) is 22.5. The summed E-state index contributed by atoms with van der Waals surface area (Å²) in [6.45, 7) is 1.01. The summed E-state index contributed by atoms with van der Waals surface area (Å²) in [6, 6.07) is 8.84. The molecule has 11 unspecified atom stereocenters. The van der Waals surface area contributed by atoms with E-state index >= 15 is 0 Å². The first-order valence-corrected chi connectivity index (χ1v) is 13.4. The van der Waals surface area contributed by atoms with Crippen molar-refractivity contribution in [1.29, 1.82) is 0 Å². The molecule has 0 bridgehead atoms. The summed E-state index contributed by atoms with van der Waals surface area (Å²) in [7, 11) is 0. The van der Waals surface area contributed by atoms with Gasteiger partial charge >= 0.3 is 0 Å². The predicted octanol–water partition coefficient (Wildman–Crippen LogP) is -1.44. The summed E-state index contributed by atoms with van der Waals surface area (Å²) in [5, 5.41) is 81.5. The number of ketones is 1. The molecule has 3 heterocycles. The minimum absolute atomic E-state index is 0.0158. The molecule has 0 radical (unpaired) electrons. The monoisotopic (exact) mass is 594 g/mol. The smallest absolute Gasteiger partial charge is 0.229 e. The topological polar surface area (TPSA) is 225 Å². The molecule has 2 saturated heterocycles. The van der Waals surface area contributed by atoms with E-state index in [0.717, 1.165) is 11.6 Å². The van der Waals surface area contributed by atoms with Gasteiger partial charge in [-0.3, -0.25) is 4.79 Å². The lowest BCUT2D eigenvalue weighted by atomic mass is 9.89. The van der Waals surface area contributed by atoms with Gasteiger partial charge in [0.25, 0.3) is 0 Å². The fraction of sp³-hybridized carbons (Fsp3) is 0.536. The number of aliphatic hydroxyl groups is 6. The van der Waals surface area contributed by atoms with Gasteiger partial charge in [0.2, 0.25) is 6.29 Å². The molecule has 8 N–H and O–H groups in total. The van der Waals surface area contributed by atoms with E-state index in [9.17, 15) is 45.6 Å². The van der Waals surface area contributed by atoms with Gasteiger partial charge in [-0.2, -0.15) is 0 Å². The maximum absolute atomic E-state index is 13.1. The molecule has 11 atom stereocenters. The van der Waals surface area contributed by atoms with Crippen molar-refractivity contribution in [1.82, 2.24) is 0 Å². The molecule has 3 aliphatic heterocycles. The van der Waals surface area contributed by atoms with Crippen LogP contribution in [0.3, 0.4) is 0 Å². The van der Waals surface area contributed by atoms with Crippen LogP contribution < -0.4 is 9.47 Å². The number of fused-ring (bicyclic) bond motifs is 1. The van der Waals surface area contributed by atoms with E-state index in [0.29, 0.717) is 6.42 Å². The number of phenolic OH excluding ortho intramolecular Hbond substituents is 2. The van der Waals surface area contributed by atoms with Crippen LogP contribution in [0.4, 0.5) is 0 Å². The highest BCUT2D eigenvalue weighted by Gasteiger charge is 2.47. The van der Waals surface area contributed by atoms with Crippen molar-refractivity contribution >= 4 is 5.78 Å². The van der Waals surface area contributed by atoms with Crippen LogP contribution in [0.5, 0.6) is 23.0 Å². The molecule has 2 aromatic rings. The number of phenols is 2. The van der Waals surface area contributed by atoms with Crippen molar-refractivity contribution in [3.05, 3.63) is 47.5 Å². The summed E-state index contributed by atoms with van der Waals surface area (Å²) in [5.74, 6) is -1.30. The average Bonchev–Trinajstić information content (AvgIpc) is 2.96. The summed E-state index contributed by atoms with van der Waals surface area (Å²) in [4.78, 5) is 13.1. The Kier molecular flexibility index (Phi) is 8.89. The van der Waals surface area contributed by atoms with Crippen LogP contribution in [0, 0.1) is 5.92 Å². The van der Waals surface area contributed by atoms with E-state index in [1.807, 2.05) is 0 Å². The molecule has 0 spiro atoms. The quantitative estimate of drug-likeness (QED) is 0.184. The van der Waals surface area contributed by atoms with Crippen LogP contribution >= 0.6 is 0 Å². The zero-order chi connectivity index (χ0) is 30.3. The highest BCUT2D eigenvalue weighted by atomic mass is 16.7. The number of carbonyl (C=O) groups excluding carboxylic acids is 1. The first-order chi connectivity index (χ1) is 19.9. The Morgan fingerprint density at radius 3 is 2.21 bits per heavy atom. The van der Waals surface area contributed by atoms with E-state index in [2.05, 4.69) is 0 Å². The van der Waals surface area contributed by atoms with Gasteiger partial charge in [0.15, 0.2) is 12.1 Å². The van der Waals surface area contributed by atoms with E-state index in [-0.39, 0.29) is 35.2 Å². The number of hydrogen-bond donors (Lipinski definition) is 8. The summed E-state index contributed by atoms with van der Waals surface area (Å²) < 4.78 is 27.8. The number of carbonyl (C=O) groups is 1. The molecule has 14 nitrogen and oxygen atoms in total. The Hall–Kier alpha value is -3.05. The van der Waals surface area contributed by atoms with Crippen molar-refractivity contribution in [3.8, 4) is 23.0 Å². The van der Waals surface area contributed by atoms with Crippen molar-refractivity contribution < 1.29 is 69.3 Å². The molecular weight excluding hydrogens is 560 g/mol. The number of aromatic hydroxyl groups is 2. The minimum atomic E-state index is -1.74. The SMILES string of the molecule is CC1OC(OCC2OC(Oc3cc(O)c4c(c3)OCC(Cc3ccc(O)cc3)C4=O)C(O)C(O)C2O)C(O)C(O)C1O. The first-order valence-electron chi connectivity index (χ1n) is 13.4. The third-order valence-corrected chi connectivity index (χ3v) is 7.68. The average molecular weight is 595 g/mol. The molecule has 3 aliphatic rings. The number of rotatable bonds is 7. The van der Waals surface area contributed by atoms with E-state index in [1.165, 1.54) is 25.1 Å². The Balaban J connectivity index is 1.25. The van der Waals surface area contributed by atoms with Gasteiger partial charge in [0.1, 0.15) is 71.3 Å². The Morgan fingerprint density at radius 1 is 0.833 bits per heavy atom. The fourth-order valence-corrected chi connectivity index (χ4v) is 5.17. The number of hydrogen-bond acceptors (Lipinski definition) is 14. The molecule has 2 fully saturated rings.